The Bertz CT molecular complexity index is 883. The summed E-state index contributed by atoms with van der Waals surface area (Å²) in [6, 6.07) is 16.7. The zero-order chi connectivity index (χ0) is 14.1. The molecule has 0 aliphatic rings. The van der Waals surface area contributed by atoms with Crippen molar-refractivity contribution >= 4 is 11.0 Å². The molecule has 3 aromatic rings. The summed E-state index contributed by atoms with van der Waals surface area (Å²) in [4.78, 5) is 11.4. The Labute approximate surface area is 115 Å². The summed E-state index contributed by atoms with van der Waals surface area (Å²) in [5.41, 5.74) is 3.70. The van der Waals surface area contributed by atoms with Gasteiger partial charge in [0.15, 0.2) is 0 Å². The molecule has 3 nitrogen and oxygen atoms in total. The second-order valence-corrected chi connectivity index (χ2v) is 4.65. The van der Waals surface area contributed by atoms with E-state index in [4.69, 9.17) is 9.68 Å². The highest BCUT2D eigenvalue weighted by atomic mass is 16.4. The van der Waals surface area contributed by atoms with Crippen LogP contribution in [0.5, 0.6) is 0 Å². The fourth-order valence-electron chi connectivity index (χ4n) is 2.24. The maximum absolute atomic E-state index is 11.4. The monoisotopic (exact) mass is 261 g/mol. The second-order valence-electron chi connectivity index (χ2n) is 4.65. The molecule has 0 aliphatic carbocycles. The number of nitrogens with zero attached hydrogens (tertiary/aromatic N) is 1. The first kappa shape index (κ1) is 12.2. The van der Waals surface area contributed by atoms with Gasteiger partial charge in [0.2, 0.25) is 0 Å². The molecule has 0 amide bonds. The maximum Gasteiger partial charge on any atom is 0.336 e. The zero-order valence-electron chi connectivity index (χ0n) is 10.9. The third-order valence-electron chi connectivity index (χ3n) is 3.30. The van der Waals surface area contributed by atoms with Crippen molar-refractivity contribution in [1.82, 2.24) is 0 Å². The number of hydrogen-bond acceptors (Lipinski definition) is 3. The molecule has 2 aromatic carbocycles. The minimum absolute atomic E-state index is 0.341. The van der Waals surface area contributed by atoms with E-state index in [1.165, 1.54) is 6.07 Å². The summed E-state index contributed by atoms with van der Waals surface area (Å²) in [5.74, 6) is 0. The molecule has 0 spiro atoms. The highest BCUT2D eigenvalue weighted by molar-refractivity contribution is 5.85. The van der Waals surface area contributed by atoms with Crippen LogP contribution in [0.4, 0.5) is 0 Å². The van der Waals surface area contributed by atoms with Gasteiger partial charge < -0.3 is 4.42 Å². The fraction of sp³-hybridized carbons (Fsp3) is 0.0588. The standard InChI is InChI=1S/C17H11NO2/c1-11-8-17(19)20-16-9-14(6-7-15(11)16)13-4-2-12(10-18)3-5-13/h2-9H,1H3. The van der Waals surface area contributed by atoms with Crippen LogP contribution in [0.3, 0.4) is 0 Å². The molecule has 0 atom stereocenters. The first-order chi connectivity index (χ1) is 9.67. The summed E-state index contributed by atoms with van der Waals surface area (Å²) in [6.07, 6.45) is 0. The molecule has 0 fully saturated rings. The number of aryl methyl sites for hydroxylation is 1. The molecule has 0 saturated heterocycles. The van der Waals surface area contributed by atoms with Gasteiger partial charge in [0.25, 0.3) is 0 Å². The van der Waals surface area contributed by atoms with E-state index in [1.54, 1.807) is 12.1 Å². The Kier molecular flexibility index (Phi) is 2.85. The van der Waals surface area contributed by atoms with E-state index in [9.17, 15) is 4.79 Å². The van der Waals surface area contributed by atoms with Gasteiger partial charge in [-0.15, -0.1) is 0 Å². The van der Waals surface area contributed by atoms with E-state index in [1.807, 2.05) is 37.3 Å². The van der Waals surface area contributed by atoms with Crippen molar-refractivity contribution < 1.29 is 4.42 Å². The molecule has 0 N–H and O–H groups in total. The van der Waals surface area contributed by atoms with Crippen molar-refractivity contribution in [2.45, 2.75) is 6.92 Å². The minimum Gasteiger partial charge on any atom is -0.423 e. The number of nitriles is 1. The average Bonchev–Trinajstić information content (AvgIpc) is 2.46. The molecule has 1 aromatic heterocycles. The van der Waals surface area contributed by atoms with Crippen LogP contribution >= 0.6 is 0 Å². The summed E-state index contributed by atoms with van der Waals surface area (Å²) in [7, 11) is 0. The third-order valence-corrected chi connectivity index (χ3v) is 3.30. The molecule has 0 aliphatic heterocycles. The van der Waals surface area contributed by atoms with Crippen molar-refractivity contribution in [3.8, 4) is 17.2 Å². The van der Waals surface area contributed by atoms with Crippen LogP contribution in [0.1, 0.15) is 11.1 Å². The smallest absolute Gasteiger partial charge is 0.336 e. The third kappa shape index (κ3) is 2.08. The molecule has 1 heterocycles. The van der Waals surface area contributed by atoms with E-state index in [0.29, 0.717) is 11.1 Å². The molecular formula is C17H11NO2. The Hall–Kier alpha value is -2.86. The van der Waals surface area contributed by atoms with Crippen molar-refractivity contribution in [3.05, 3.63) is 70.1 Å². The number of hydrogen-bond donors (Lipinski definition) is 0. The van der Waals surface area contributed by atoms with Gasteiger partial charge in [0.05, 0.1) is 11.6 Å². The molecule has 0 bridgehead atoms. The fourth-order valence-corrected chi connectivity index (χ4v) is 2.24. The topological polar surface area (TPSA) is 54.0 Å². The van der Waals surface area contributed by atoms with Crippen LogP contribution in [-0.2, 0) is 0 Å². The lowest BCUT2D eigenvalue weighted by atomic mass is 10.0. The molecule has 3 heteroatoms. The van der Waals surface area contributed by atoms with Crippen LogP contribution in [0.25, 0.3) is 22.1 Å². The van der Waals surface area contributed by atoms with Crippen molar-refractivity contribution in [3.63, 3.8) is 0 Å². The normalized spacial score (nSPS) is 10.4. The number of benzene rings is 2. The van der Waals surface area contributed by atoms with E-state index < -0.39 is 0 Å². The lowest BCUT2D eigenvalue weighted by Crippen LogP contribution is -1.97. The lowest BCUT2D eigenvalue weighted by molar-refractivity contribution is 0.560. The van der Waals surface area contributed by atoms with Gasteiger partial charge in [-0.1, -0.05) is 24.3 Å². The average molecular weight is 261 g/mol. The SMILES string of the molecule is Cc1cc(=O)oc2cc(-c3ccc(C#N)cc3)ccc12. The highest BCUT2D eigenvalue weighted by Crippen LogP contribution is 2.25. The summed E-state index contributed by atoms with van der Waals surface area (Å²) < 4.78 is 5.24. The van der Waals surface area contributed by atoms with Gasteiger partial charge in [0.1, 0.15) is 5.58 Å². The quantitative estimate of drug-likeness (QED) is 0.628. The largest absolute Gasteiger partial charge is 0.423 e. The molecule has 96 valence electrons. The molecule has 0 saturated carbocycles. The van der Waals surface area contributed by atoms with Crippen LogP contribution in [0.2, 0.25) is 0 Å². The highest BCUT2D eigenvalue weighted by Gasteiger charge is 2.05. The van der Waals surface area contributed by atoms with E-state index in [0.717, 1.165) is 22.1 Å². The zero-order valence-corrected chi connectivity index (χ0v) is 10.9. The van der Waals surface area contributed by atoms with E-state index >= 15 is 0 Å². The first-order valence-electron chi connectivity index (χ1n) is 6.22. The van der Waals surface area contributed by atoms with Gasteiger partial charge in [-0.3, -0.25) is 0 Å². The van der Waals surface area contributed by atoms with Crippen LogP contribution in [0.15, 0.2) is 57.7 Å². The summed E-state index contributed by atoms with van der Waals surface area (Å²) >= 11 is 0. The van der Waals surface area contributed by atoms with Gasteiger partial charge in [-0.2, -0.15) is 5.26 Å². The van der Waals surface area contributed by atoms with Crippen LogP contribution in [-0.4, -0.2) is 0 Å². The maximum atomic E-state index is 11.4. The molecule has 0 unspecified atom stereocenters. The van der Waals surface area contributed by atoms with Crippen molar-refractivity contribution in [2.24, 2.45) is 0 Å². The van der Waals surface area contributed by atoms with Crippen molar-refractivity contribution in [2.75, 3.05) is 0 Å². The lowest BCUT2D eigenvalue weighted by Gasteiger charge is -2.05. The van der Waals surface area contributed by atoms with Gasteiger partial charge in [0, 0.05) is 11.5 Å². The molecule has 0 radical (unpaired) electrons. The Morgan fingerprint density at radius 3 is 2.40 bits per heavy atom. The van der Waals surface area contributed by atoms with Gasteiger partial charge >= 0.3 is 5.63 Å². The van der Waals surface area contributed by atoms with Crippen LogP contribution in [0, 0.1) is 18.3 Å². The molecule has 20 heavy (non-hydrogen) atoms. The Morgan fingerprint density at radius 1 is 1.00 bits per heavy atom. The van der Waals surface area contributed by atoms with E-state index in [-0.39, 0.29) is 5.63 Å². The number of fused-ring (bicyclic) bond motifs is 1. The second kappa shape index (κ2) is 4.67. The summed E-state index contributed by atoms with van der Waals surface area (Å²) in [6.45, 7) is 1.89. The van der Waals surface area contributed by atoms with Crippen molar-refractivity contribution in [1.29, 1.82) is 5.26 Å². The van der Waals surface area contributed by atoms with E-state index in [2.05, 4.69) is 6.07 Å². The Balaban J connectivity index is 2.17. The van der Waals surface area contributed by atoms with Crippen LogP contribution < -0.4 is 5.63 Å². The predicted molar refractivity (Wildman–Crippen MR) is 77.4 cm³/mol. The number of rotatable bonds is 1. The molecular weight excluding hydrogens is 250 g/mol. The first-order valence-corrected chi connectivity index (χ1v) is 6.22. The predicted octanol–water partition coefficient (Wildman–Crippen LogP) is 3.64. The van der Waals surface area contributed by atoms with Gasteiger partial charge in [-0.25, -0.2) is 4.79 Å². The Morgan fingerprint density at radius 2 is 1.70 bits per heavy atom. The molecule has 3 rings (SSSR count). The summed E-state index contributed by atoms with van der Waals surface area (Å²) in [5, 5.41) is 9.73. The minimum atomic E-state index is -0.341. The van der Waals surface area contributed by atoms with Gasteiger partial charge in [-0.05, 0) is 41.8 Å².